The number of nitrogen functional groups attached to an aromatic ring is 1. The minimum atomic E-state index is 0.328. The molecule has 0 fully saturated rings. The van der Waals surface area contributed by atoms with Crippen molar-refractivity contribution >= 4 is 51.9 Å². The number of hydrogen-bond acceptors (Lipinski definition) is 5. The van der Waals surface area contributed by atoms with Gasteiger partial charge in [-0.15, -0.1) is 5.10 Å². The lowest BCUT2D eigenvalue weighted by Gasteiger charge is -2.04. The van der Waals surface area contributed by atoms with Crippen molar-refractivity contribution in [2.24, 2.45) is 0 Å². The first-order valence-electron chi connectivity index (χ1n) is 7.60. The molecule has 5 nitrogen and oxygen atoms in total. The Bertz CT molecular complexity index is 1030. The predicted octanol–water partition coefficient (Wildman–Crippen LogP) is 4.97. The van der Waals surface area contributed by atoms with Crippen LogP contribution in [0.1, 0.15) is 0 Å². The summed E-state index contributed by atoms with van der Waals surface area (Å²) >= 11 is 7.31. The minimum absolute atomic E-state index is 0.328. The average Bonchev–Trinajstić information content (AvgIpc) is 2.96. The first-order valence-corrected chi connectivity index (χ1v) is 8.75. The van der Waals surface area contributed by atoms with Crippen molar-refractivity contribution in [1.82, 2.24) is 14.2 Å². The van der Waals surface area contributed by atoms with Crippen LogP contribution in [-0.4, -0.2) is 14.2 Å². The Kier molecular flexibility index (Phi) is 4.21. The minimum Gasteiger partial charge on any atom is -0.367 e. The van der Waals surface area contributed by atoms with E-state index < -0.39 is 0 Å². The number of anilines is 3. The van der Waals surface area contributed by atoms with Gasteiger partial charge in [0.2, 0.25) is 11.9 Å². The lowest BCUT2D eigenvalue weighted by Crippen LogP contribution is -1.97. The lowest BCUT2D eigenvalue weighted by molar-refractivity contribution is 1.02. The highest BCUT2D eigenvalue weighted by atomic mass is 35.5. The molecule has 0 aliphatic heterocycles. The molecule has 1 heterocycles. The topological polar surface area (TPSA) is 68.8 Å². The summed E-state index contributed by atoms with van der Waals surface area (Å²) in [6, 6.07) is 21.8. The molecule has 124 valence electrons. The zero-order chi connectivity index (χ0) is 17.2. The third-order valence-electron chi connectivity index (χ3n) is 3.62. The smallest absolute Gasteiger partial charge is 0.249 e. The number of hydrogen-bond donors (Lipinski definition) is 2. The van der Waals surface area contributed by atoms with Crippen molar-refractivity contribution in [3.63, 3.8) is 0 Å². The van der Waals surface area contributed by atoms with Crippen molar-refractivity contribution in [3.8, 4) is 0 Å². The first-order chi connectivity index (χ1) is 12.2. The summed E-state index contributed by atoms with van der Waals surface area (Å²) in [5.74, 6) is 0.766. The molecule has 0 aliphatic rings. The molecule has 4 rings (SSSR count). The molecule has 3 N–H and O–H groups in total. The van der Waals surface area contributed by atoms with E-state index in [9.17, 15) is 0 Å². The van der Waals surface area contributed by atoms with E-state index in [2.05, 4.69) is 39.7 Å². The molecule has 0 unspecified atom stereocenters. The SMILES string of the molecule is Nc1nc(Nc2ccc(Cl)cc2)nn1Sc1ccc2ccccc2c1. The zero-order valence-electron chi connectivity index (χ0n) is 13.1. The summed E-state index contributed by atoms with van der Waals surface area (Å²) in [7, 11) is 0. The maximum absolute atomic E-state index is 5.99. The summed E-state index contributed by atoms with van der Waals surface area (Å²) in [5.41, 5.74) is 6.83. The van der Waals surface area contributed by atoms with Crippen LogP contribution in [-0.2, 0) is 0 Å². The Morgan fingerprint density at radius 1 is 0.960 bits per heavy atom. The van der Waals surface area contributed by atoms with E-state index >= 15 is 0 Å². The summed E-state index contributed by atoms with van der Waals surface area (Å²) in [4.78, 5) is 5.29. The van der Waals surface area contributed by atoms with Crippen LogP contribution in [0.3, 0.4) is 0 Å². The molecule has 0 aliphatic carbocycles. The lowest BCUT2D eigenvalue weighted by atomic mass is 10.1. The Morgan fingerprint density at radius 2 is 1.72 bits per heavy atom. The molecule has 1 aromatic heterocycles. The average molecular weight is 368 g/mol. The number of nitrogens with two attached hydrogens (primary N) is 1. The standard InChI is InChI=1S/C18H14ClN5S/c19-14-6-8-15(9-7-14)21-18-22-17(20)24(23-18)25-16-10-5-12-3-1-2-4-13(12)11-16/h1-11H,(H3,20,21,22,23). The summed E-state index contributed by atoms with van der Waals surface area (Å²) in [6.45, 7) is 0. The molecule has 0 saturated carbocycles. The van der Waals surface area contributed by atoms with E-state index in [-0.39, 0.29) is 0 Å². The summed E-state index contributed by atoms with van der Waals surface area (Å²) in [6.07, 6.45) is 0. The van der Waals surface area contributed by atoms with Gasteiger partial charge in [-0.3, -0.25) is 0 Å². The molecule has 7 heteroatoms. The van der Waals surface area contributed by atoms with E-state index in [1.54, 1.807) is 16.2 Å². The van der Waals surface area contributed by atoms with Crippen molar-refractivity contribution in [2.45, 2.75) is 4.90 Å². The van der Waals surface area contributed by atoms with E-state index in [0.717, 1.165) is 10.6 Å². The fraction of sp³-hybridized carbons (Fsp3) is 0. The van der Waals surface area contributed by atoms with E-state index in [0.29, 0.717) is 16.9 Å². The molecule has 0 atom stereocenters. The molecule has 3 aromatic carbocycles. The van der Waals surface area contributed by atoms with Crippen LogP contribution in [0.15, 0.2) is 71.6 Å². The van der Waals surface area contributed by atoms with Gasteiger partial charge in [-0.25, -0.2) is 0 Å². The molecule has 0 amide bonds. The zero-order valence-corrected chi connectivity index (χ0v) is 14.6. The van der Waals surface area contributed by atoms with E-state index in [4.69, 9.17) is 17.3 Å². The molecule has 0 bridgehead atoms. The van der Waals surface area contributed by atoms with Gasteiger partial charge < -0.3 is 11.1 Å². The second-order valence-corrected chi connectivity index (χ2v) is 6.83. The van der Waals surface area contributed by atoms with Crippen molar-refractivity contribution < 1.29 is 0 Å². The number of rotatable bonds is 4. The van der Waals surface area contributed by atoms with Crippen LogP contribution in [0.25, 0.3) is 10.8 Å². The van der Waals surface area contributed by atoms with Gasteiger partial charge in [-0.2, -0.15) is 9.07 Å². The third kappa shape index (κ3) is 3.55. The monoisotopic (exact) mass is 367 g/mol. The largest absolute Gasteiger partial charge is 0.367 e. The molecule has 25 heavy (non-hydrogen) atoms. The summed E-state index contributed by atoms with van der Waals surface area (Å²) < 4.78 is 1.60. The van der Waals surface area contributed by atoms with Crippen LogP contribution in [0.4, 0.5) is 17.6 Å². The fourth-order valence-corrected chi connectivity index (χ4v) is 3.30. The van der Waals surface area contributed by atoms with Gasteiger partial charge in [0.05, 0.1) is 0 Å². The highest BCUT2D eigenvalue weighted by Crippen LogP contribution is 2.27. The van der Waals surface area contributed by atoms with E-state index in [1.165, 1.54) is 22.7 Å². The molecule has 0 radical (unpaired) electrons. The Hall–Kier alpha value is -2.70. The third-order valence-corrected chi connectivity index (χ3v) is 4.77. The van der Waals surface area contributed by atoms with Crippen molar-refractivity contribution in [2.75, 3.05) is 11.1 Å². The predicted molar refractivity (Wildman–Crippen MR) is 104 cm³/mol. The number of nitrogens with zero attached hydrogens (tertiary/aromatic N) is 3. The second kappa shape index (κ2) is 6.66. The second-order valence-electron chi connectivity index (χ2n) is 5.40. The van der Waals surface area contributed by atoms with Gasteiger partial charge >= 0.3 is 0 Å². The van der Waals surface area contributed by atoms with Gasteiger partial charge in [0, 0.05) is 27.6 Å². The number of aromatic nitrogens is 3. The molecular formula is C18H14ClN5S. The number of benzene rings is 3. The van der Waals surface area contributed by atoms with Crippen LogP contribution in [0.2, 0.25) is 5.02 Å². The van der Waals surface area contributed by atoms with Gasteiger partial charge in [0.15, 0.2) is 0 Å². The maximum Gasteiger partial charge on any atom is 0.249 e. The van der Waals surface area contributed by atoms with Gasteiger partial charge in [0.1, 0.15) is 0 Å². The number of fused-ring (bicyclic) bond motifs is 1. The molecular weight excluding hydrogens is 354 g/mol. The van der Waals surface area contributed by atoms with Gasteiger partial charge in [-0.05, 0) is 47.2 Å². The normalized spacial score (nSPS) is 10.9. The number of halogens is 1. The highest BCUT2D eigenvalue weighted by Gasteiger charge is 2.09. The summed E-state index contributed by atoms with van der Waals surface area (Å²) in [5, 5.41) is 10.6. The molecule has 4 aromatic rings. The van der Waals surface area contributed by atoms with Crippen LogP contribution < -0.4 is 11.1 Å². The van der Waals surface area contributed by atoms with E-state index in [1.807, 2.05) is 30.3 Å². The van der Waals surface area contributed by atoms with Crippen molar-refractivity contribution in [3.05, 3.63) is 71.8 Å². The van der Waals surface area contributed by atoms with Crippen LogP contribution in [0, 0.1) is 0 Å². The van der Waals surface area contributed by atoms with Crippen molar-refractivity contribution in [1.29, 1.82) is 0 Å². The maximum atomic E-state index is 5.99. The first kappa shape index (κ1) is 15.8. The Balaban J connectivity index is 1.55. The van der Waals surface area contributed by atoms with Gasteiger partial charge in [-0.1, -0.05) is 41.9 Å². The fourth-order valence-electron chi connectivity index (χ4n) is 2.42. The van der Waals surface area contributed by atoms with Crippen LogP contribution >= 0.6 is 23.5 Å². The Labute approximate surface area is 154 Å². The quantitative estimate of drug-likeness (QED) is 0.533. The Morgan fingerprint density at radius 3 is 2.52 bits per heavy atom. The van der Waals surface area contributed by atoms with Gasteiger partial charge in [0.25, 0.3) is 0 Å². The molecule has 0 spiro atoms. The number of nitrogens with one attached hydrogen (secondary N) is 1. The van der Waals surface area contributed by atoms with Crippen LogP contribution in [0.5, 0.6) is 0 Å². The highest BCUT2D eigenvalue weighted by molar-refractivity contribution is 7.97. The molecule has 0 saturated heterocycles.